The first kappa shape index (κ1) is 17.0. The van der Waals surface area contributed by atoms with Crippen LogP contribution in [0.25, 0.3) is 38.8 Å². The molecule has 0 fully saturated rings. The van der Waals surface area contributed by atoms with E-state index in [1.807, 2.05) is 41.2 Å². The van der Waals surface area contributed by atoms with Crippen molar-refractivity contribution < 1.29 is 9.47 Å². The maximum absolute atomic E-state index is 5.85. The molecule has 0 radical (unpaired) electrons. The predicted octanol–water partition coefficient (Wildman–Crippen LogP) is 5.32. The second-order valence-corrected chi connectivity index (χ2v) is 7.50. The Balaban J connectivity index is 1.71. The van der Waals surface area contributed by atoms with Crippen molar-refractivity contribution >= 4 is 21.8 Å². The average molecular weight is 393 g/mol. The average Bonchev–Trinajstić information content (AvgIpc) is 3.19. The van der Waals surface area contributed by atoms with Gasteiger partial charge in [0.05, 0.1) is 16.7 Å². The van der Waals surface area contributed by atoms with Crippen molar-refractivity contribution in [3.8, 4) is 28.4 Å². The number of hydrogen-bond acceptors (Lipinski definition) is 4. The van der Waals surface area contributed by atoms with Crippen LogP contribution in [0.4, 0.5) is 0 Å². The Kier molecular flexibility index (Phi) is 3.74. The van der Waals surface area contributed by atoms with Crippen LogP contribution in [0.2, 0.25) is 0 Å². The lowest BCUT2D eigenvalue weighted by Crippen LogP contribution is -2.15. The fourth-order valence-electron chi connectivity index (χ4n) is 4.00. The summed E-state index contributed by atoms with van der Waals surface area (Å²) in [6.45, 7) is 3.19. The van der Waals surface area contributed by atoms with Crippen molar-refractivity contribution in [1.82, 2.24) is 14.8 Å². The first-order valence-corrected chi connectivity index (χ1v) is 10.0. The summed E-state index contributed by atoms with van der Waals surface area (Å²) in [6.07, 6.45) is 1.91. The summed E-state index contributed by atoms with van der Waals surface area (Å²) in [4.78, 5) is 4.74. The van der Waals surface area contributed by atoms with Crippen LogP contribution >= 0.6 is 0 Å². The van der Waals surface area contributed by atoms with E-state index < -0.39 is 0 Å². The molecule has 5 aromatic rings. The summed E-state index contributed by atoms with van der Waals surface area (Å²) in [6, 6.07) is 22.6. The summed E-state index contributed by atoms with van der Waals surface area (Å²) < 4.78 is 13.6. The van der Waals surface area contributed by atoms with E-state index in [4.69, 9.17) is 19.6 Å². The molecule has 5 nitrogen and oxygen atoms in total. The molecule has 0 bridgehead atoms. The zero-order valence-electron chi connectivity index (χ0n) is 16.5. The topological polar surface area (TPSA) is 49.2 Å². The standard InChI is InChI=1S/C25H19N3O2/c1-16-7-9-18(10-8-16)28-25-19-13-22-23(30-12-11-29-22)14-21(19)26-15-20(25)24(27-28)17-5-3-2-4-6-17/h2-10,13-15H,11-12H2,1H3. The van der Waals surface area contributed by atoms with Crippen molar-refractivity contribution in [3.63, 3.8) is 0 Å². The number of fused-ring (bicyclic) bond motifs is 4. The molecule has 0 saturated heterocycles. The third kappa shape index (κ3) is 2.63. The number of ether oxygens (including phenoxy) is 2. The fourth-order valence-corrected chi connectivity index (χ4v) is 4.00. The van der Waals surface area contributed by atoms with Gasteiger partial charge in [-0.15, -0.1) is 0 Å². The zero-order valence-corrected chi connectivity index (χ0v) is 16.5. The number of rotatable bonds is 2. The van der Waals surface area contributed by atoms with Gasteiger partial charge in [-0.25, -0.2) is 4.68 Å². The molecule has 146 valence electrons. The van der Waals surface area contributed by atoms with E-state index >= 15 is 0 Å². The lowest BCUT2D eigenvalue weighted by atomic mass is 10.1. The summed E-state index contributed by atoms with van der Waals surface area (Å²) in [5, 5.41) is 7.02. The SMILES string of the molecule is Cc1ccc(-n2nc(-c3ccccc3)c3cnc4cc5c(cc4c32)OCCO5)cc1. The van der Waals surface area contributed by atoms with Crippen molar-refractivity contribution in [1.29, 1.82) is 0 Å². The maximum Gasteiger partial charge on any atom is 0.163 e. The van der Waals surface area contributed by atoms with E-state index in [1.165, 1.54) is 5.56 Å². The van der Waals surface area contributed by atoms with Gasteiger partial charge in [0.15, 0.2) is 11.5 Å². The van der Waals surface area contributed by atoms with Crippen molar-refractivity contribution in [2.75, 3.05) is 13.2 Å². The number of hydrogen-bond donors (Lipinski definition) is 0. The van der Waals surface area contributed by atoms with Gasteiger partial charge < -0.3 is 9.47 Å². The largest absolute Gasteiger partial charge is 0.486 e. The number of benzene rings is 3. The van der Waals surface area contributed by atoms with E-state index in [2.05, 4.69) is 43.3 Å². The van der Waals surface area contributed by atoms with Crippen LogP contribution in [0, 0.1) is 6.92 Å². The Bertz CT molecular complexity index is 1390. The minimum Gasteiger partial charge on any atom is -0.486 e. The van der Waals surface area contributed by atoms with Crippen molar-refractivity contribution in [2.45, 2.75) is 6.92 Å². The zero-order chi connectivity index (χ0) is 20.1. The minimum absolute atomic E-state index is 0.550. The lowest BCUT2D eigenvalue weighted by Gasteiger charge is -2.19. The molecule has 0 spiro atoms. The first-order chi connectivity index (χ1) is 14.8. The predicted molar refractivity (Wildman–Crippen MR) is 118 cm³/mol. The van der Waals surface area contributed by atoms with Gasteiger partial charge in [0.25, 0.3) is 0 Å². The normalized spacial score (nSPS) is 13.1. The molecular weight excluding hydrogens is 374 g/mol. The van der Waals surface area contributed by atoms with E-state index in [9.17, 15) is 0 Å². The summed E-state index contributed by atoms with van der Waals surface area (Å²) in [5.41, 5.74) is 6.07. The molecule has 2 aromatic heterocycles. The second-order valence-electron chi connectivity index (χ2n) is 7.50. The molecule has 3 aromatic carbocycles. The van der Waals surface area contributed by atoms with Crippen LogP contribution in [-0.2, 0) is 0 Å². The third-order valence-corrected chi connectivity index (χ3v) is 5.50. The molecule has 5 heteroatoms. The van der Waals surface area contributed by atoms with E-state index in [0.717, 1.165) is 50.2 Å². The highest BCUT2D eigenvalue weighted by atomic mass is 16.6. The van der Waals surface area contributed by atoms with Crippen LogP contribution in [0.15, 0.2) is 72.9 Å². The second kappa shape index (κ2) is 6.59. The number of aromatic nitrogens is 3. The Morgan fingerprint density at radius 3 is 2.33 bits per heavy atom. The molecule has 6 rings (SSSR count). The molecule has 0 saturated carbocycles. The van der Waals surface area contributed by atoms with E-state index in [-0.39, 0.29) is 0 Å². The lowest BCUT2D eigenvalue weighted by molar-refractivity contribution is 0.172. The summed E-state index contributed by atoms with van der Waals surface area (Å²) in [7, 11) is 0. The summed E-state index contributed by atoms with van der Waals surface area (Å²) in [5.74, 6) is 1.49. The molecule has 30 heavy (non-hydrogen) atoms. The highest BCUT2D eigenvalue weighted by Gasteiger charge is 2.20. The van der Waals surface area contributed by atoms with E-state index in [0.29, 0.717) is 13.2 Å². The van der Waals surface area contributed by atoms with Crippen LogP contribution < -0.4 is 9.47 Å². The maximum atomic E-state index is 5.85. The molecule has 3 heterocycles. The quantitative estimate of drug-likeness (QED) is 0.407. The number of pyridine rings is 1. The molecule has 0 atom stereocenters. The van der Waals surface area contributed by atoms with Crippen molar-refractivity contribution in [2.24, 2.45) is 0 Å². The van der Waals surface area contributed by atoms with Gasteiger partial charge >= 0.3 is 0 Å². The number of nitrogens with zero attached hydrogens (tertiary/aromatic N) is 3. The molecule has 0 N–H and O–H groups in total. The Labute approximate surface area is 173 Å². The molecule has 0 unspecified atom stereocenters. The first-order valence-electron chi connectivity index (χ1n) is 10.0. The van der Waals surface area contributed by atoms with Gasteiger partial charge in [-0.2, -0.15) is 5.10 Å². The molecule has 0 amide bonds. The molecule has 1 aliphatic rings. The monoisotopic (exact) mass is 393 g/mol. The van der Waals surface area contributed by atoms with E-state index in [1.54, 1.807) is 0 Å². The smallest absolute Gasteiger partial charge is 0.163 e. The van der Waals surface area contributed by atoms with Gasteiger partial charge in [-0.05, 0) is 25.1 Å². The fraction of sp³-hybridized carbons (Fsp3) is 0.120. The van der Waals surface area contributed by atoms with Crippen LogP contribution in [-0.4, -0.2) is 28.0 Å². The molecule has 1 aliphatic heterocycles. The highest BCUT2D eigenvalue weighted by molar-refractivity contribution is 6.09. The highest BCUT2D eigenvalue weighted by Crippen LogP contribution is 2.39. The Morgan fingerprint density at radius 2 is 1.57 bits per heavy atom. The minimum atomic E-state index is 0.550. The Hall–Kier alpha value is -3.86. The van der Waals surface area contributed by atoms with Crippen LogP contribution in [0.1, 0.15) is 5.56 Å². The van der Waals surface area contributed by atoms with Gasteiger partial charge in [0.1, 0.15) is 18.9 Å². The van der Waals surface area contributed by atoms with Crippen LogP contribution in [0.3, 0.4) is 0 Å². The van der Waals surface area contributed by atoms with Gasteiger partial charge in [0.2, 0.25) is 0 Å². The third-order valence-electron chi connectivity index (χ3n) is 5.50. The molecule has 0 aliphatic carbocycles. The molecular formula is C25H19N3O2. The van der Waals surface area contributed by atoms with Gasteiger partial charge in [-0.1, -0.05) is 48.0 Å². The summed E-state index contributed by atoms with van der Waals surface area (Å²) >= 11 is 0. The Morgan fingerprint density at radius 1 is 0.833 bits per heavy atom. The van der Waals surface area contributed by atoms with Crippen molar-refractivity contribution in [3.05, 3.63) is 78.5 Å². The number of aryl methyl sites for hydroxylation is 1. The van der Waals surface area contributed by atoms with Gasteiger partial charge in [0, 0.05) is 28.6 Å². The van der Waals surface area contributed by atoms with Crippen LogP contribution in [0.5, 0.6) is 11.5 Å². The van der Waals surface area contributed by atoms with Gasteiger partial charge in [-0.3, -0.25) is 4.98 Å².